The first-order valence-electron chi connectivity index (χ1n) is 19.1. The van der Waals surface area contributed by atoms with Crippen LogP contribution in [0.4, 0.5) is 0 Å². The zero-order valence-electron chi connectivity index (χ0n) is 31.3. The summed E-state index contributed by atoms with van der Waals surface area (Å²) in [6.07, 6.45) is 13.2. The summed E-state index contributed by atoms with van der Waals surface area (Å²) in [7, 11) is 0. The van der Waals surface area contributed by atoms with E-state index in [1.165, 1.54) is 36.8 Å². The number of benzene rings is 1. The summed E-state index contributed by atoms with van der Waals surface area (Å²) in [5.74, 6) is 1.74. The van der Waals surface area contributed by atoms with Gasteiger partial charge in [-0.25, -0.2) is 4.79 Å². The summed E-state index contributed by atoms with van der Waals surface area (Å²) < 4.78 is 0. The highest BCUT2D eigenvalue weighted by Gasteiger charge is 2.71. The van der Waals surface area contributed by atoms with Gasteiger partial charge >= 0.3 is 5.97 Å². The molecule has 264 valence electrons. The van der Waals surface area contributed by atoms with E-state index < -0.39 is 5.97 Å². The van der Waals surface area contributed by atoms with E-state index in [-0.39, 0.29) is 39.0 Å². The van der Waals surface area contributed by atoms with E-state index in [0.717, 1.165) is 55.5 Å². The molecule has 1 aromatic rings. The molecule has 0 spiro atoms. The molecule has 0 bridgehead atoms. The van der Waals surface area contributed by atoms with E-state index in [1.54, 1.807) is 12.1 Å². The number of carbonyl (C=O) groups excluding carboxylic acids is 1. The average molecular weight is 666 g/mol. The monoisotopic (exact) mass is 665 g/mol. The van der Waals surface area contributed by atoms with Gasteiger partial charge in [-0.3, -0.25) is 4.79 Å². The number of hydrogen-bond donors (Lipinski definition) is 2. The van der Waals surface area contributed by atoms with Gasteiger partial charge in [0, 0.05) is 12.1 Å². The Hall–Kier alpha value is -3.02. The summed E-state index contributed by atoms with van der Waals surface area (Å²) in [4.78, 5) is 26.2. The largest absolute Gasteiger partial charge is 0.478 e. The van der Waals surface area contributed by atoms with Gasteiger partial charge in [-0.15, -0.1) is 0 Å². The highest BCUT2D eigenvalue weighted by molar-refractivity contribution is 6.09. The molecule has 5 aliphatic carbocycles. The Kier molecular flexibility index (Phi) is 8.08. The molecule has 7 rings (SSSR count). The molecule has 1 aliphatic heterocycles. The zero-order chi connectivity index (χ0) is 35.3. The highest BCUT2D eigenvalue weighted by Crippen LogP contribution is 2.77. The number of amides is 1. The first-order chi connectivity index (χ1) is 23.0. The van der Waals surface area contributed by atoms with Crippen LogP contribution in [0.1, 0.15) is 136 Å². The molecule has 2 N–H and O–H groups in total. The molecule has 1 heterocycles. The third kappa shape index (κ3) is 4.84. The summed E-state index contributed by atoms with van der Waals surface area (Å²) in [6, 6.07) is 7.43. The Labute approximate surface area is 294 Å². The fraction of sp³-hybridized carbons (Fsp3) is 0.674. The summed E-state index contributed by atoms with van der Waals surface area (Å²) in [6.45, 7) is 23.6. The Morgan fingerprint density at radius 3 is 2.27 bits per heavy atom. The maximum atomic E-state index is 14.6. The molecule has 1 aromatic carbocycles. The number of carboxylic acids is 1. The molecule has 4 fully saturated rings. The minimum atomic E-state index is -0.877. The maximum absolute atomic E-state index is 14.6. The fourth-order valence-corrected chi connectivity index (χ4v) is 13.6. The van der Waals surface area contributed by atoms with Crippen LogP contribution in [-0.2, 0) is 4.79 Å². The van der Waals surface area contributed by atoms with Crippen LogP contribution in [-0.4, -0.2) is 34.4 Å². The number of allylic oxidation sites excluding steroid dienone is 3. The number of aromatic carboxylic acids is 1. The lowest BCUT2D eigenvalue weighted by molar-refractivity contribution is -0.225. The topological polar surface area (TPSA) is 91.1 Å². The Morgan fingerprint density at radius 2 is 1.63 bits per heavy atom. The smallest absolute Gasteiger partial charge is 0.335 e. The van der Waals surface area contributed by atoms with Crippen LogP contribution in [0.25, 0.3) is 5.57 Å². The van der Waals surface area contributed by atoms with Crippen LogP contribution in [0.5, 0.6) is 0 Å². The Morgan fingerprint density at radius 1 is 0.918 bits per heavy atom. The number of nitrogens with one attached hydrogen (secondary N) is 1. The third-order valence-electron chi connectivity index (χ3n) is 16.2. The van der Waals surface area contributed by atoms with Gasteiger partial charge in [0.05, 0.1) is 22.7 Å². The minimum Gasteiger partial charge on any atom is -0.478 e. The molecule has 4 saturated carbocycles. The number of fused-ring (bicyclic) bond motifs is 7. The van der Waals surface area contributed by atoms with Gasteiger partial charge in [0.1, 0.15) is 0 Å². The van der Waals surface area contributed by atoms with Crippen LogP contribution < -0.4 is 5.32 Å². The molecule has 1 amide bonds. The predicted molar refractivity (Wildman–Crippen MR) is 198 cm³/mol. The molecule has 6 heteroatoms. The summed E-state index contributed by atoms with van der Waals surface area (Å²) in [5, 5.41) is 21.6. The van der Waals surface area contributed by atoms with E-state index in [9.17, 15) is 14.7 Å². The fourth-order valence-electron chi connectivity index (χ4n) is 13.6. The summed E-state index contributed by atoms with van der Waals surface area (Å²) in [5.41, 5.74) is 6.28. The van der Waals surface area contributed by atoms with Crippen molar-refractivity contribution in [2.75, 3.05) is 0 Å². The second-order valence-corrected chi connectivity index (χ2v) is 18.6. The average Bonchev–Trinajstić information content (AvgIpc) is 3.66. The molecule has 0 saturated heterocycles. The quantitative estimate of drug-likeness (QED) is 0.297. The zero-order valence-corrected chi connectivity index (χ0v) is 31.3. The Bertz CT molecular complexity index is 1670. The lowest BCUT2D eigenvalue weighted by atomic mass is 9.32. The lowest BCUT2D eigenvalue weighted by Crippen LogP contribution is -2.66. The lowest BCUT2D eigenvalue weighted by Gasteiger charge is -2.72. The standard InChI is InChI=1S/C43H59N3O3/c1-25(2)30-16-21-43(38(49)44-27(4)33-24-26(3)45-46-33)23-22-41(8)32(36(30)43)14-15-35-40(7)19-17-31(28-10-12-29(13-11-28)37(47)48)39(5,6)34(40)18-20-42(35,41)9/h10-13,17,27,30,32,34-36H,1,14-16,18-24H2,2-9H3,(H,44,49)(H,47,48)/t27?,30-,32+,34-,35+,36+,40-,41+,42+,43-/m0/s1. The van der Waals surface area contributed by atoms with Crippen molar-refractivity contribution in [2.45, 2.75) is 126 Å². The predicted octanol–water partition coefficient (Wildman–Crippen LogP) is 9.76. The second kappa shape index (κ2) is 11.5. The van der Waals surface area contributed by atoms with Crippen molar-refractivity contribution in [3.8, 4) is 0 Å². The minimum absolute atomic E-state index is 0.0168. The molecule has 0 aromatic heterocycles. The third-order valence-corrected chi connectivity index (χ3v) is 16.2. The number of nitrogens with zero attached hydrogens (tertiary/aromatic N) is 2. The maximum Gasteiger partial charge on any atom is 0.335 e. The van der Waals surface area contributed by atoms with Crippen molar-refractivity contribution in [1.29, 1.82) is 0 Å². The van der Waals surface area contributed by atoms with Gasteiger partial charge in [0.15, 0.2) is 0 Å². The molecule has 49 heavy (non-hydrogen) atoms. The molecule has 0 radical (unpaired) electrons. The van der Waals surface area contributed by atoms with Crippen molar-refractivity contribution in [2.24, 2.45) is 66.9 Å². The van der Waals surface area contributed by atoms with Crippen LogP contribution in [0, 0.1) is 56.7 Å². The van der Waals surface area contributed by atoms with Crippen molar-refractivity contribution >= 4 is 28.9 Å². The van der Waals surface area contributed by atoms with E-state index in [1.807, 2.05) is 19.1 Å². The van der Waals surface area contributed by atoms with Crippen LogP contribution in [0.15, 0.2) is 52.7 Å². The van der Waals surface area contributed by atoms with Crippen molar-refractivity contribution in [3.63, 3.8) is 0 Å². The van der Waals surface area contributed by atoms with Gasteiger partial charge in [-0.1, -0.05) is 65.0 Å². The number of rotatable bonds is 6. The SMILES string of the molecule is C=C(C)[C@@H]1CC[C@]2(C(=O)NC(C)C3=NN=C(C)C3)CC[C@]3(C)[C@H](CC[C@@H]4[C@@]5(C)CC=C(c6ccc(C(=O)O)cc6)C(C)(C)[C@@H]5CC[C@]43C)[C@@H]12. The van der Waals surface area contributed by atoms with Gasteiger partial charge in [0.25, 0.3) is 0 Å². The normalized spacial score (nSPS) is 41.1. The molecule has 10 atom stereocenters. The molecular weight excluding hydrogens is 606 g/mol. The van der Waals surface area contributed by atoms with Gasteiger partial charge in [-0.2, -0.15) is 10.2 Å². The molecule has 6 nitrogen and oxygen atoms in total. The van der Waals surface area contributed by atoms with E-state index in [2.05, 4.69) is 76.6 Å². The number of hydrogen-bond acceptors (Lipinski definition) is 4. The second-order valence-electron chi connectivity index (χ2n) is 18.6. The van der Waals surface area contributed by atoms with Gasteiger partial charge in [0.2, 0.25) is 5.91 Å². The van der Waals surface area contributed by atoms with Crippen LogP contribution in [0.2, 0.25) is 0 Å². The highest BCUT2D eigenvalue weighted by atomic mass is 16.4. The molecular formula is C43H59N3O3. The first-order valence-corrected chi connectivity index (χ1v) is 19.1. The van der Waals surface area contributed by atoms with Crippen LogP contribution in [0.3, 0.4) is 0 Å². The van der Waals surface area contributed by atoms with Crippen molar-refractivity contribution in [1.82, 2.24) is 5.32 Å². The van der Waals surface area contributed by atoms with E-state index in [0.29, 0.717) is 35.2 Å². The molecule has 6 aliphatic rings. The van der Waals surface area contributed by atoms with Crippen LogP contribution >= 0.6 is 0 Å². The Balaban J connectivity index is 1.20. The van der Waals surface area contributed by atoms with Crippen molar-refractivity contribution < 1.29 is 14.7 Å². The summed E-state index contributed by atoms with van der Waals surface area (Å²) >= 11 is 0. The number of carbonyl (C=O) groups is 2. The van der Waals surface area contributed by atoms with Gasteiger partial charge < -0.3 is 10.4 Å². The van der Waals surface area contributed by atoms with E-state index in [4.69, 9.17) is 0 Å². The van der Waals surface area contributed by atoms with E-state index >= 15 is 0 Å². The number of carboxylic acid groups (broad SMARTS) is 1. The van der Waals surface area contributed by atoms with Gasteiger partial charge in [-0.05, 0) is 153 Å². The van der Waals surface area contributed by atoms with Crippen molar-refractivity contribution in [3.05, 3.63) is 53.6 Å². The first kappa shape index (κ1) is 34.4. The molecule has 1 unspecified atom stereocenters.